The van der Waals surface area contributed by atoms with Crippen LogP contribution in [0.25, 0.3) is 11.3 Å². The molecule has 1 heterocycles. The fourth-order valence-corrected chi connectivity index (χ4v) is 3.54. The molecule has 1 atom stereocenters. The van der Waals surface area contributed by atoms with Crippen molar-refractivity contribution >= 4 is 11.3 Å². The predicted molar refractivity (Wildman–Crippen MR) is 78.7 cm³/mol. The van der Waals surface area contributed by atoms with E-state index in [0.29, 0.717) is 0 Å². The second-order valence-electron chi connectivity index (χ2n) is 5.26. The molecule has 1 aliphatic carbocycles. The molecule has 0 spiro atoms. The average molecular weight is 274 g/mol. The number of aromatic nitrogens is 1. The summed E-state index contributed by atoms with van der Waals surface area (Å²) < 4.78 is 5.30. The molecule has 100 valence electrons. The van der Waals surface area contributed by atoms with Gasteiger partial charge in [-0.2, -0.15) is 0 Å². The van der Waals surface area contributed by atoms with Crippen LogP contribution in [0.4, 0.5) is 0 Å². The summed E-state index contributed by atoms with van der Waals surface area (Å²) in [6, 6.07) is 6.21. The number of nitrogens with two attached hydrogens (primary N) is 1. The number of methoxy groups -OCH3 is 1. The van der Waals surface area contributed by atoms with E-state index in [1.807, 2.05) is 13.0 Å². The number of hydrogen-bond acceptors (Lipinski definition) is 4. The van der Waals surface area contributed by atoms with Crippen LogP contribution in [-0.4, -0.2) is 12.1 Å². The molecule has 0 aliphatic heterocycles. The van der Waals surface area contributed by atoms with Crippen molar-refractivity contribution in [3.8, 4) is 17.0 Å². The Morgan fingerprint density at radius 2 is 2.26 bits per heavy atom. The van der Waals surface area contributed by atoms with Gasteiger partial charge in [-0.3, -0.25) is 0 Å². The number of hydrogen-bond donors (Lipinski definition) is 1. The van der Waals surface area contributed by atoms with E-state index >= 15 is 0 Å². The monoisotopic (exact) mass is 274 g/mol. The summed E-state index contributed by atoms with van der Waals surface area (Å²) in [5.74, 6) is 0.882. The lowest BCUT2D eigenvalue weighted by atomic mass is 10.0. The van der Waals surface area contributed by atoms with Crippen LogP contribution in [0.2, 0.25) is 0 Å². The SMILES string of the molecule is CCC(C)(N)c1nc2c(s1)Cc1ccc(OC)cc1-2. The smallest absolute Gasteiger partial charge is 0.119 e. The van der Waals surface area contributed by atoms with Gasteiger partial charge in [0.05, 0.1) is 18.3 Å². The fourth-order valence-electron chi connectivity index (χ4n) is 2.31. The number of rotatable bonds is 3. The minimum atomic E-state index is -0.325. The Hall–Kier alpha value is -1.39. The van der Waals surface area contributed by atoms with Gasteiger partial charge in [0.1, 0.15) is 10.8 Å². The zero-order chi connectivity index (χ0) is 13.6. The lowest BCUT2D eigenvalue weighted by Crippen LogP contribution is -2.31. The normalized spacial score (nSPS) is 15.8. The summed E-state index contributed by atoms with van der Waals surface area (Å²) in [4.78, 5) is 6.11. The Kier molecular flexibility index (Phi) is 2.87. The zero-order valence-electron chi connectivity index (χ0n) is 11.5. The van der Waals surface area contributed by atoms with Crippen LogP contribution in [-0.2, 0) is 12.0 Å². The Bertz CT molecular complexity index is 631. The van der Waals surface area contributed by atoms with Gasteiger partial charge in [0.25, 0.3) is 0 Å². The Balaban J connectivity index is 2.08. The fraction of sp³-hybridized carbons (Fsp3) is 0.400. The Labute approximate surface area is 117 Å². The van der Waals surface area contributed by atoms with Gasteiger partial charge in [0.2, 0.25) is 0 Å². The van der Waals surface area contributed by atoms with Gasteiger partial charge >= 0.3 is 0 Å². The van der Waals surface area contributed by atoms with Crippen molar-refractivity contribution in [1.82, 2.24) is 4.98 Å². The van der Waals surface area contributed by atoms with Crippen LogP contribution >= 0.6 is 11.3 Å². The van der Waals surface area contributed by atoms with E-state index in [4.69, 9.17) is 15.5 Å². The molecule has 2 aromatic rings. The summed E-state index contributed by atoms with van der Waals surface area (Å²) >= 11 is 1.75. The van der Waals surface area contributed by atoms with Gasteiger partial charge in [0.15, 0.2) is 0 Å². The average Bonchev–Trinajstić information content (AvgIpc) is 2.96. The van der Waals surface area contributed by atoms with Crippen molar-refractivity contribution in [1.29, 1.82) is 0 Å². The summed E-state index contributed by atoms with van der Waals surface area (Å²) in [6.45, 7) is 4.15. The Morgan fingerprint density at radius 1 is 1.47 bits per heavy atom. The van der Waals surface area contributed by atoms with Crippen molar-refractivity contribution in [2.24, 2.45) is 5.73 Å². The quantitative estimate of drug-likeness (QED) is 0.797. The van der Waals surface area contributed by atoms with Crippen molar-refractivity contribution in [2.45, 2.75) is 32.2 Å². The molecular weight excluding hydrogens is 256 g/mol. The van der Waals surface area contributed by atoms with Gasteiger partial charge in [-0.15, -0.1) is 11.3 Å². The topological polar surface area (TPSA) is 48.1 Å². The van der Waals surface area contributed by atoms with Crippen molar-refractivity contribution in [3.63, 3.8) is 0 Å². The lowest BCUT2D eigenvalue weighted by Gasteiger charge is -2.19. The molecule has 2 N–H and O–H groups in total. The first-order valence-electron chi connectivity index (χ1n) is 6.51. The highest BCUT2D eigenvalue weighted by Gasteiger charge is 2.29. The molecule has 3 nitrogen and oxygen atoms in total. The first-order chi connectivity index (χ1) is 9.05. The van der Waals surface area contributed by atoms with Crippen LogP contribution < -0.4 is 10.5 Å². The van der Waals surface area contributed by atoms with E-state index in [2.05, 4.69) is 19.1 Å². The van der Waals surface area contributed by atoms with Crippen molar-refractivity contribution in [2.75, 3.05) is 7.11 Å². The maximum Gasteiger partial charge on any atom is 0.119 e. The van der Waals surface area contributed by atoms with Crippen LogP contribution in [0.5, 0.6) is 5.75 Å². The van der Waals surface area contributed by atoms with Gasteiger partial charge in [-0.25, -0.2) is 4.98 Å². The van der Waals surface area contributed by atoms with E-state index in [1.165, 1.54) is 16.0 Å². The molecule has 1 aromatic carbocycles. The number of ether oxygens (including phenoxy) is 1. The van der Waals surface area contributed by atoms with Crippen LogP contribution in [0.15, 0.2) is 18.2 Å². The summed E-state index contributed by atoms with van der Waals surface area (Å²) in [5.41, 5.74) is 9.60. The summed E-state index contributed by atoms with van der Waals surface area (Å²) in [7, 11) is 1.69. The second kappa shape index (κ2) is 4.32. The first-order valence-corrected chi connectivity index (χ1v) is 7.33. The third-order valence-electron chi connectivity index (χ3n) is 3.84. The maximum absolute atomic E-state index is 6.30. The summed E-state index contributed by atoms with van der Waals surface area (Å²) in [5, 5.41) is 1.04. The molecule has 4 heteroatoms. The highest BCUT2D eigenvalue weighted by Crippen LogP contribution is 2.43. The van der Waals surface area contributed by atoms with Gasteiger partial charge < -0.3 is 10.5 Å². The molecule has 1 aliphatic rings. The van der Waals surface area contributed by atoms with Gasteiger partial charge in [-0.1, -0.05) is 13.0 Å². The lowest BCUT2D eigenvalue weighted by molar-refractivity contribution is 0.415. The Morgan fingerprint density at radius 3 is 2.95 bits per heavy atom. The van der Waals surface area contributed by atoms with Gasteiger partial charge in [0, 0.05) is 16.9 Å². The van der Waals surface area contributed by atoms with Crippen molar-refractivity contribution in [3.05, 3.63) is 33.6 Å². The molecule has 0 bridgehead atoms. The molecule has 1 unspecified atom stereocenters. The van der Waals surface area contributed by atoms with E-state index in [0.717, 1.165) is 29.3 Å². The number of nitrogens with zero attached hydrogens (tertiary/aromatic N) is 1. The van der Waals surface area contributed by atoms with E-state index < -0.39 is 0 Å². The molecule has 0 saturated heterocycles. The predicted octanol–water partition coefficient (Wildman–Crippen LogP) is 3.31. The largest absolute Gasteiger partial charge is 0.497 e. The number of benzene rings is 1. The van der Waals surface area contributed by atoms with Crippen molar-refractivity contribution < 1.29 is 4.74 Å². The molecule has 1 aromatic heterocycles. The highest BCUT2D eigenvalue weighted by molar-refractivity contribution is 7.12. The third kappa shape index (κ3) is 1.95. The molecule has 3 rings (SSSR count). The van der Waals surface area contributed by atoms with E-state index in [-0.39, 0.29) is 5.54 Å². The molecular formula is C15H18N2OS. The van der Waals surface area contributed by atoms with Gasteiger partial charge in [-0.05, 0) is 31.0 Å². The number of thiazole rings is 1. The zero-order valence-corrected chi connectivity index (χ0v) is 12.3. The van der Waals surface area contributed by atoms with Crippen LogP contribution in [0.1, 0.15) is 35.7 Å². The molecule has 0 radical (unpaired) electrons. The molecule has 19 heavy (non-hydrogen) atoms. The summed E-state index contributed by atoms with van der Waals surface area (Å²) in [6.07, 6.45) is 1.86. The van der Waals surface area contributed by atoms with E-state index in [1.54, 1.807) is 18.4 Å². The van der Waals surface area contributed by atoms with E-state index in [9.17, 15) is 0 Å². The molecule has 0 amide bonds. The molecule has 0 saturated carbocycles. The highest BCUT2D eigenvalue weighted by atomic mass is 32.1. The first kappa shape index (κ1) is 12.6. The third-order valence-corrected chi connectivity index (χ3v) is 5.18. The second-order valence-corrected chi connectivity index (χ2v) is 6.35. The minimum Gasteiger partial charge on any atom is -0.497 e. The molecule has 0 fully saturated rings. The van der Waals surface area contributed by atoms with Crippen LogP contribution in [0, 0.1) is 0 Å². The standard InChI is InChI=1S/C15H18N2OS/c1-4-15(2,16)14-17-13-11-8-10(18-3)6-5-9(11)7-12(13)19-14/h5-6,8H,4,7,16H2,1-3H3. The van der Waals surface area contributed by atoms with Crippen LogP contribution in [0.3, 0.4) is 0 Å². The number of fused-ring (bicyclic) bond motifs is 3. The maximum atomic E-state index is 6.30. The minimum absolute atomic E-state index is 0.325.